The summed E-state index contributed by atoms with van der Waals surface area (Å²) in [5.41, 5.74) is 8.71. The highest BCUT2D eigenvalue weighted by Gasteiger charge is 2.19. The van der Waals surface area contributed by atoms with Crippen molar-refractivity contribution in [3.63, 3.8) is 0 Å². The molecule has 104 valence electrons. The summed E-state index contributed by atoms with van der Waals surface area (Å²) < 4.78 is 0. The Morgan fingerprint density at radius 2 is 2.37 bits per heavy atom. The van der Waals surface area contributed by atoms with Gasteiger partial charge in [-0.3, -0.25) is 0 Å². The van der Waals surface area contributed by atoms with Crippen LogP contribution in [-0.4, -0.2) is 35.1 Å². The normalized spacial score (nSPS) is 20.6. The molecule has 1 aromatic rings. The Hall–Kier alpha value is -1.36. The molecule has 4 nitrogen and oxygen atoms in total. The molecule has 1 saturated heterocycles. The average molecular weight is 279 g/mol. The molecular weight excluding hydrogens is 258 g/mol. The molecule has 1 heterocycles. The molecule has 1 aliphatic heterocycles. The predicted molar refractivity (Wildman–Crippen MR) is 82.4 cm³/mol. The highest BCUT2D eigenvalue weighted by atomic mass is 32.2. The van der Waals surface area contributed by atoms with Gasteiger partial charge in [0.2, 0.25) is 0 Å². The number of oxime groups is 1. The summed E-state index contributed by atoms with van der Waals surface area (Å²) in [5, 5.41) is 12.5. The molecule has 0 spiro atoms. The first-order valence-corrected chi connectivity index (χ1v) is 7.65. The molecule has 5 heteroatoms. The van der Waals surface area contributed by atoms with Gasteiger partial charge >= 0.3 is 0 Å². The lowest BCUT2D eigenvalue weighted by molar-refractivity contribution is 0.318. The molecule has 1 atom stereocenters. The van der Waals surface area contributed by atoms with Crippen LogP contribution in [0.15, 0.2) is 23.4 Å². The third-order valence-electron chi connectivity index (χ3n) is 3.55. The minimum Gasteiger partial charge on any atom is -0.409 e. The second-order valence-corrected chi connectivity index (χ2v) is 6.24. The third kappa shape index (κ3) is 3.15. The first-order chi connectivity index (χ1) is 9.15. The number of rotatable bonds is 3. The molecule has 0 aromatic heterocycles. The van der Waals surface area contributed by atoms with E-state index in [1.165, 1.54) is 17.9 Å². The van der Waals surface area contributed by atoms with E-state index in [4.69, 9.17) is 10.9 Å². The monoisotopic (exact) mass is 279 g/mol. The van der Waals surface area contributed by atoms with Crippen molar-refractivity contribution >= 4 is 23.3 Å². The lowest BCUT2D eigenvalue weighted by Gasteiger charge is -2.34. The van der Waals surface area contributed by atoms with E-state index in [9.17, 15) is 0 Å². The van der Waals surface area contributed by atoms with Gasteiger partial charge in [-0.15, -0.1) is 0 Å². The number of amidine groups is 1. The van der Waals surface area contributed by atoms with E-state index in [0.717, 1.165) is 29.5 Å². The van der Waals surface area contributed by atoms with Gasteiger partial charge in [0.25, 0.3) is 0 Å². The van der Waals surface area contributed by atoms with E-state index in [1.54, 1.807) is 0 Å². The van der Waals surface area contributed by atoms with Crippen LogP contribution >= 0.6 is 11.8 Å². The average Bonchev–Trinajstić information content (AvgIpc) is 2.46. The van der Waals surface area contributed by atoms with Crippen molar-refractivity contribution < 1.29 is 5.21 Å². The van der Waals surface area contributed by atoms with Crippen molar-refractivity contribution in [2.24, 2.45) is 10.9 Å². The Balaban J connectivity index is 2.20. The molecule has 1 aliphatic rings. The van der Waals surface area contributed by atoms with Crippen LogP contribution in [0.3, 0.4) is 0 Å². The van der Waals surface area contributed by atoms with Crippen LogP contribution in [0.25, 0.3) is 0 Å². The van der Waals surface area contributed by atoms with Crippen LogP contribution in [0, 0.1) is 6.92 Å². The number of benzene rings is 1. The maximum absolute atomic E-state index is 8.75. The summed E-state index contributed by atoms with van der Waals surface area (Å²) in [7, 11) is 0. The molecule has 0 amide bonds. The van der Waals surface area contributed by atoms with Crippen LogP contribution < -0.4 is 10.6 Å². The highest BCUT2D eigenvalue weighted by molar-refractivity contribution is 8.00. The molecule has 19 heavy (non-hydrogen) atoms. The zero-order valence-electron chi connectivity index (χ0n) is 11.5. The third-order valence-corrected chi connectivity index (χ3v) is 4.93. The van der Waals surface area contributed by atoms with Crippen LogP contribution in [0.5, 0.6) is 0 Å². The van der Waals surface area contributed by atoms with Gasteiger partial charge in [-0.25, -0.2) is 0 Å². The summed E-state index contributed by atoms with van der Waals surface area (Å²) in [4.78, 5) is 2.42. The van der Waals surface area contributed by atoms with Crippen molar-refractivity contribution in [1.29, 1.82) is 0 Å². The standard InChI is InChI=1S/C14H21N3OS/c1-3-12-9-17(6-7-19-12)11-4-5-13(10(2)8-11)14(15)16-18/h4-5,8,12,18H,3,6-7,9H2,1-2H3,(H2,15,16). The molecule has 0 radical (unpaired) electrons. The summed E-state index contributed by atoms with van der Waals surface area (Å²) in [6.07, 6.45) is 1.21. The Kier molecular flexibility index (Phi) is 4.58. The zero-order valence-corrected chi connectivity index (χ0v) is 12.3. The number of thioether (sulfide) groups is 1. The van der Waals surface area contributed by atoms with Gasteiger partial charge in [0.15, 0.2) is 5.84 Å². The number of anilines is 1. The van der Waals surface area contributed by atoms with E-state index < -0.39 is 0 Å². The second-order valence-electron chi connectivity index (χ2n) is 4.83. The van der Waals surface area contributed by atoms with Gasteiger partial charge in [0.1, 0.15) is 0 Å². The smallest absolute Gasteiger partial charge is 0.170 e. The van der Waals surface area contributed by atoms with Gasteiger partial charge in [-0.05, 0) is 37.1 Å². The molecule has 1 unspecified atom stereocenters. The Bertz CT molecular complexity index is 476. The van der Waals surface area contributed by atoms with E-state index in [0.29, 0.717) is 0 Å². The summed E-state index contributed by atoms with van der Waals surface area (Å²) in [6, 6.07) is 6.11. The minimum absolute atomic E-state index is 0.171. The Morgan fingerprint density at radius 3 is 3.00 bits per heavy atom. The molecule has 1 aromatic carbocycles. The van der Waals surface area contributed by atoms with Crippen molar-refractivity contribution in [3.05, 3.63) is 29.3 Å². The number of aryl methyl sites for hydroxylation is 1. The van der Waals surface area contributed by atoms with Gasteiger partial charge < -0.3 is 15.8 Å². The Morgan fingerprint density at radius 1 is 1.58 bits per heavy atom. The van der Waals surface area contributed by atoms with Crippen molar-refractivity contribution in [3.8, 4) is 0 Å². The number of nitrogens with two attached hydrogens (primary N) is 1. The molecule has 3 N–H and O–H groups in total. The summed E-state index contributed by atoms with van der Waals surface area (Å²) in [5.74, 6) is 1.35. The fraction of sp³-hybridized carbons (Fsp3) is 0.500. The quantitative estimate of drug-likeness (QED) is 0.386. The van der Waals surface area contributed by atoms with E-state index >= 15 is 0 Å². The topological polar surface area (TPSA) is 61.8 Å². The van der Waals surface area contributed by atoms with E-state index in [1.807, 2.05) is 13.0 Å². The Labute approximate surface area is 118 Å². The first kappa shape index (κ1) is 14.1. The predicted octanol–water partition coefficient (Wildman–Crippen LogP) is 2.42. The largest absolute Gasteiger partial charge is 0.409 e. The van der Waals surface area contributed by atoms with Crippen LogP contribution in [0.2, 0.25) is 0 Å². The van der Waals surface area contributed by atoms with E-state index in [2.05, 4.69) is 40.9 Å². The SMILES string of the molecule is CCC1CN(c2ccc(/C(N)=N/O)c(C)c2)CCS1. The molecule has 0 saturated carbocycles. The van der Waals surface area contributed by atoms with Crippen molar-refractivity contribution in [2.75, 3.05) is 23.7 Å². The minimum atomic E-state index is 0.171. The number of hydrogen-bond acceptors (Lipinski definition) is 4. The summed E-state index contributed by atoms with van der Waals surface area (Å²) >= 11 is 2.06. The van der Waals surface area contributed by atoms with Crippen molar-refractivity contribution in [2.45, 2.75) is 25.5 Å². The van der Waals surface area contributed by atoms with Crippen LogP contribution in [0.1, 0.15) is 24.5 Å². The van der Waals surface area contributed by atoms with Crippen LogP contribution in [-0.2, 0) is 0 Å². The first-order valence-electron chi connectivity index (χ1n) is 6.60. The van der Waals surface area contributed by atoms with E-state index in [-0.39, 0.29) is 5.84 Å². The molecule has 0 aliphatic carbocycles. The zero-order chi connectivity index (χ0) is 13.8. The fourth-order valence-corrected chi connectivity index (χ4v) is 3.57. The number of hydrogen-bond donors (Lipinski definition) is 2. The molecule has 1 fully saturated rings. The highest BCUT2D eigenvalue weighted by Crippen LogP contribution is 2.27. The molecular formula is C14H21N3OS. The van der Waals surface area contributed by atoms with Crippen LogP contribution in [0.4, 0.5) is 5.69 Å². The van der Waals surface area contributed by atoms with Gasteiger partial charge in [0.05, 0.1) is 0 Å². The molecule has 2 rings (SSSR count). The lowest BCUT2D eigenvalue weighted by atomic mass is 10.1. The molecule has 0 bridgehead atoms. The second kappa shape index (κ2) is 6.19. The maximum Gasteiger partial charge on any atom is 0.170 e. The van der Waals surface area contributed by atoms with Gasteiger partial charge in [-0.2, -0.15) is 11.8 Å². The van der Waals surface area contributed by atoms with Gasteiger partial charge in [-0.1, -0.05) is 12.1 Å². The lowest BCUT2D eigenvalue weighted by Crippen LogP contribution is -2.37. The number of nitrogens with zero attached hydrogens (tertiary/aromatic N) is 2. The van der Waals surface area contributed by atoms with Gasteiger partial charge in [0, 0.05) is 35.3 Å². The maximum atomic E-state index is 8.75. The fourth-order valence-electron chi connectivity index (χ4n) is 2.39. The summed E-state index contributed by atoms with van der Waals surface area (Å²) in [6.45, 7) is 6.42. The van der Waals surface area contributed by atoms with Crippen molar-refractivity contribution in [1.82, 2.24) is 0 Å².